The standard InChI is InChI=1S/C27H26F2N2O2/c1-30(2)26(33)27(14-15-31(18-27)25(32)19-9-7-10-21(28)16-19)17-20-8-3-4-11-22(20)23-12-5-6-13-24(23)29/h3-13,16H,14-15,17-18H2,1-2H3/t27-/m1/s1. The van der Waals surface area contributed by atoms with Crippen molar-refractivity contribution in [2.45, 2.75) is 12.8 Å². The lowest BCUT2D eigenvalue weighted by molar-refractivity contribution is -0.138. The van der Waals surface area contributed by atoms with Gasteiger partial charge >= 0.3 is 0 Å². The van der Waals surface area contributed by atoms with Crippen molar-refractivity contribution in [1.29, 1.82) is 0 Å². The van der Waals surface area contributed by atoms with E-state index in [1.165, 1.54) is 24.3 Å². The molecule has 170 valence electrons. The monoisotopic (exact) mass is 448 g/mol. The number of amides is 2. The molecule has 2 amide bonds. The second kappa shape index (κ2) is 9.14. The molecule has 1 aliphatic rings. The van der Waals surface area contributed by atoms with E-state index in [-0.39, 0.29) is 29.7 Å². The summed E-state index contributed by atoms with van der Waals surface area (Å²) in [5, 5.41) is 0. The van der Waals surface area contributed by atoms with Crippen LogP contribution < -0.4 is 0 Å². The van der Waals surface area contributed by atoms with Gasteiger partial charge in [0.05, 0.1) is 5.41 Å². The van der Waals surface area contributed by atoms with Gasteiger partial charge in [-0.15, -0.1) is 0 Å². The molecule has 0 aromatic heterocycles. The van der Waals surface area contributed by atoms with E-state index in [2.05, 4.69) is 0 Å². The molecule has 6 heteroatoms. The summed E-state index contributed by atoms with van der Waals surface area (Å²) in [7, 11) is 3.40. The summed E-state index contributed by atoms with van der Waals surface area (Å²) in [6, 6.07) is 19.6. The minimum absolute atomic E-state index is 0.0830. The van der Waals surface area contributed by atoms with E-state index in [0.717, 1.165) is 11.1 Å². The quantitative estimate of drug-likeness (QED) is 0.563. The van der Waals surface area contributed by atoms with Gasteiger partial charge in [-0.1, -0.05) is 48.5 Å². The summed E-state index contributed by atoms with van der Waals surface area (Å²) in [6.07, 6.45) is 0.831. The first-order chi connectivity index (χ1) is 15.8. The van der Waals surface area contributed by atoms with Gasteiger partial charge in [-0.25, -0.2) is 8.78 Å². The van der Waals surface area contributed by atoms with Crippen molar-refractivity contribution in [2.24, 2.45) is 5.41 Å². The highest BCUT2D eigenvalue weighted by Crippen LogP contribution is 2.39. The number of carbonyl (C=O) groups is 2. The lowest BCUT2D eigenvalue weighted by Crippen LogP contribution is -2.44. The third-order valence-corrected chi connectivity index (χ3v) is 6.28. The maximum atomic E-state index is 14.6. The van der Waals surface area contributed by atoms with Gasteiger partial charge in [0.1, 0.15) is 11.6 Å². The maximum Gasteiger partial charge on any atom is 0.253 e. The SMILES string of the molecule is CN(C)C(=O)[C@@]1(Cc2ccccc2-c2ccccc2F)CCN(C(=O)c2cccc(F)c2)C1. The number of benzene rings is 3. The molecular weight excluding hydrogens is 422 g/mol. The zero-order valence-corrected chi connectivity index (χ0v) is 18.7. The van der Waals surface area contributed by atoms with Crippen molar-refractivity contribution in [3.63, 3.8) is 0 Å². The Bertz CT molecular complexity index is 1190. The van der Waals surface area contributed by atoms with Crippen molar-refractivity contribution >= 4 is 11.8 Å². The minimum atomic E-state index is -0.853. The van der Waals surface area contributed by atoms with Crippen LogP contribution in [-0.4, -0.2) is 48.8 Å². The lowest BCUT2D eigenvalue weighted by atomic mass is 9.77. The third kappa shape index (κ3) is 4.51. The second-order valence-electron chi connectivity index (χ2n) is 8.78. The van der Waals surface area contributed by atoms with E-state index in [1.54, 1.807) is 48.2 Å². The first-order valence-corrected chi connectivity index (χ1v) is 10.9. The van der Waals surface area contributed by atoms with Crippen molar-refractivity contribution in [2.75, 3.05) is 27.2 Å². The fourth-order valence-electron chi connectivity index (χ4n) is 4.70. The van der Waals surface area contributed by atoms with Gasteiger partial charge in [-0.3, -0.25) is 9.59 Å². The molecule has 1 heterocycles. The number of hydrogen-bond acceptors (Lipinski definition) is 2. The molecule has 0 aliphatic carbocycles. The zero-order valence-electron chi connectivity index (χ0n) is 18.7. The summed E-state index contributed by atoms with van der Waals surface area (Å²) >= 11 is 0. The molecule has 4 rings (SSSR count). The Kier molecular flexibility index (Phi) is 6.27. The number of carbonyl (C=O) groups excluding carboxylic acids is 2. The molecule has 3 aromatic rings. The first kappa shape index (κ1) is 22.6. The van der Waals surface area contributed by atoms with Crippen LogP contribution >= 0.6 is 0 Å². The van der Waals surface area contributed by atoms with E-state index in [1.807, 2.05) is 24.3 Å². The van der Waals surface area contributed by atoms with Gasteiger partial charge in [0, 0.05) is 38.3 Å². The zero-order chi connectivity index (χ0) is 23.6. The minimum Gasteiger partial charge on any atom is -0.348 e. The smallest absolute Gasteiger partial charge is 0.253 e. The van der Waals surface area contributed by atoms with E-state index in [4.69, 9.17) is 0 Å². The molecular formula is C27H26F2N2O2. The first-order valence-electron chi connectivity index (χ1n) is 10.9. The van der Waals surface area contributed by atoms with Gasteiger partial charge in [0.2, 0.25) is 5.91 Å². The van der Waals surface area contributed by atoms with Crippen molar-refractivity contribution in [3.8, 4) is 11.1 Å². The summed E-state index contributed by atoms with van der Waals surface area (Å²) in [4.78, 5) is 29.6. The van der Waals surface area contributed by atoms with Crippen LogP contribution in [0.2, 0.25) is 0 Å². The summed E-state index contributed by atoms with van der Waals surface area (Å²) in [6.45, 7) is 0.599. The van der Waals surface area contributed by atoms with E-state index >= 15 is 0 Å². The Hall–Kier alpha value is -3.54. The fraction of sp³-hybridized carbons (Fsp3) is 0.259. The highest BCUT2D eigenvalue weighted by atomic mass is 19.1. The number of rotatable bonds is 5. The van der Waals surface area contributed by atoms with Crippen LogP contribution in [0.5, 0.6) is 0 Å². The average molecular weight is 449 g/mol. The maximum absolute atomic E-state index is 14.6. The molecule has 1 saturated heterocycles. The molecule has 1 aliphatic heterocycles. The van der Waals surface area contributed by atoms with Crippen molar-refractivity contribution in [1.82, 2.24) is 9.80 Å². The molecule has 0 N–H and O–H groups in total. The van der Waals surface area contributed by atoms with Gasteiger partial charge < -0.3 is 9.80 Å². The highest BCUT2D eigenvalue weighted by Gasteiger charge is 2.47. The molecule has 3 aromatic carbocycles. The van der Waals surface area contributed by atoms with Gasteiger partial charge in [0.15, 0.2) is 0 Å². The van der Waals surface area contributed by atoms with Crippen LogP contribution in [0.4, 0.5) is 8.78 Å². The Morgan fingerprint density at radius 3 is 2.33 bits per heavy atom. The fourth-order valence-corrected chi connectivity index (χ4v) is 4.70. The third-order valence-electron chi connectivity index (χ3n) is 6.28. The molecule has 1 atom stereocenters. The number of nitrogens with zero attached hydrogens (tertiary/aromatic N) is 2. The van der Waals surface area contributed by atoms with E-state index in [0.29, 0.717) is 24.9 Å². The highest BCUT2D eigenvalue weighted by molar-refractivity contribution is 5.95. The Balaban J connectivity index is 1.69. The molecule has 0 bridgehead atoms. The predicted molar refractivity (Wildman–Crippen MR) is 124 cm³/mol. The van der Waals surface area contributed by atoms with Crippen molar-refractivity contribution < 1.29 is 18.4 Å². The Morgan fingerprint density at radius 1 is 0.939 bits per heavy atom. The topological polar surface area (TPSA) is 40.6 Å². The largest absolute Gasteiger partial charge is 0.348 e. The summed E-state index contributed by atoms with van der Waals surface area (Å²) in [5.41, 5.74) is 1.46. The molecule has 33 heavy (non-hydrogen) atoms. The van der Waals surface area contributed by atoms with Crippen LogP contribution in [-0.2, 0) is 11.2 Å². The molecule has 0 radical (unpaired) electrons. The molecule has 0 spiro atoms. The Morgan fingerprint density at radius 2 is 1.64 bits per heavy atom. The predicted octanol–water partition coefficient (Wildman–Crippen LogP) is 4.80. The van der Waals surface area contributed by atoms with Crippen LogP contribution in [0, 0.1) is 17.0 Å². The van der Waals surface area contributed by atoms with Gasteiger partial charge in [-0.2, -0.15) is 0 Å². The van der Waals surface area contributed by atoms with Crippen molar-refractivity contribution in [3.05, 3.63) is 95.6 Å². The van der Waals surface area contributed by atoms with Crippen LogP contribution in [0.1, 0.15) is 22.3 Å². The van der Waals surface area contributed by atoms with E-state index in [9.17, 15) is 18.4 Å². The molecule has 4 nitrogen and oxygen atoms in total. The van der Waals surface area contributed by atoms with Crippen LogP contribution in [0.15, 0.2) is 72.8 Å². The second-order valence-corrected chi connectivity index (χ2v) is 8.78. The number of likely N-dealkylation sites (tertiary alicyclic amines) is 1. The van der Waals surface area contributed by atoms with Gasteiger partial charge in [-0.05, 0) is 48.2 Å². The molecule has 0 unspecified atom stereocenters. The molecule has 1 fully saturated rings. The summed E-state index contributed by atoms with van der Waals surface area (Å²) < 4.78 is 28.2. The normalized spacial score (nSPS) is 17.8. The number of hydrogen-bond donors (Lipinski definition) is 0. The number of halogens is 2. The Labute approximate surface area is 192 Å². The van der Waals surface area contributed by atoms with Crippen LogP contribution in [0.3, 0.4) is 0 Å². The lowest BCUT2D eigenvalue weighted by Gasteiger charge is -2.32. The molecule has 0 saturated carbocycles. The summed E-state index contributed by atoms with van der Waals surface area (Å²) in [5.74, 6) is -1.19. The van der Waals surface area contributed by atoms with Gasteiger partial charge in [0.25, 0.3) is 5.91 Å². The van der Waals surface area contributed by atoms with E-state index < -0.39 is 11.2 Å². The average Bonchev–Trinajstić information content (AvgIpc) is 3.24. The van der Waals surface area contributed by atoms with Crippen LogP contribution in [0.25, 0.3) is 11.1 Å².